The Labute approximate surface area is 232 Å². The summed E-state index contributed by atoms with van der Waals surface area (Å²) in [4.78, 5) is 19.1. The van der Waals surface area contributed by atoms with Gasteiger partial charge >= 0.3 is 0 Å². The molecule has 1 saturated heterocycles. The molecule has 39 heavy (non-hydrogen) atoms. The molecule has 1 aliphatic rings. The molecule has 200 valence electrons. The molecular weight excluding hydrogens is 514 g/mol. The van der Waals surface area contributed by atoms with Crippen LogP contribution in [-0.2, 0) is 9.53 Å². The Morgan fingerprint density at radius 1 is 1.00 bits per heavy atom. The molecule has 0 saturated carbocycles. The van der Waals surface area contributed by atoms with Gasteiger partial charge in [0.05, 0.1) is 37.3 Å². The van der Waals surface area contributed by atoms with Gasteiger partial charge < -0.3 is 34.3 Å². The highest BCUT2D eigenvalue weighted by atomic mass is 32.1. The standard InChI is InChI=1S/C29H29N5O4S/c1-36-18-26(35)31-21-17-19(13-14-24(21)37-2)34-28(27(32-29(34)39)20-9-6-7-15-30-20)23-11-8-16-33(23)22-10-4-5-12-25(22)38-3/h4-17,27-28H,18H2,1-3H3,(H,31,35)(H,32,39)/t27-,28-/m1/s1. The fourth-order valence-corrected chi connectivity index (χ4v) is 5.22. The number of benzene rings is 2. The monoisotopic (exact) mass is 543 g/mol. The fourth-order valence-electron chi connectivity index (χ4n) is 4.88. The number of amides is 1. The first-order valence-corrected chi connectivity index (χ1v) is 12.7. The predicted molar refractivity (Wildman–Crippen MR) is 154 cm³/mol. The number of anilines is 2. The number of rotatable bonds is 9. The summed E-state index contributed by atoms with van der Waals surface area (Å²) >= 11 is 5.91. The van der Waals surface area contributed by atoms with Crippen molar-refractivity contribution in [3.8, 4) is 17.2 Å². The molecule has 4 aromatic rings. The van der Waals surface area contributed by atoms with Crippen LogP contribution in [-0.4, -0.2) is 48.5 Å². The first kappa shape index (κ1) is 26.2. The average Bonchev–Trinajstić information content (AvgIpc) is 3.57. The molecule has 1 fully saturated rings. The minimum Gasteiger partial charge on any atom is -0.495 e. The van der Waals surface area contributed by atoms with Crippen molar-refractivity contribution in [1.29, 1.82) is 0 Å². The van der Waals surface area contributed by atoms with Crippen molar-refractivity contribution in [2.45, 2.75) is 12.1 Å². The molecule has 0 aliphatic carbocycles. The lowest BCUT2D eigenvalue weighted by Crippen LogP contribution is -2.30. The fraction of sp³-hybridized carbons (Fsp3) is 0.207. The van der Waals surface area contributed by atoms with Gasteiger partial charge in [0.2, 0.25) is 5.91 Å². The zero-order valence-electron chi connectivity index (χ0n) is 21.8. The van der Waals surface area contributed by atoms with Crippen molar-refractivity contribution in [3.63, 3.8) is 0 Å². The molecule has 2 atom stereocenters. The number of pyridine rings is 1. The number of nitrogens with one attached hydrogen (secondary N) is 2. The maximum absolute atomic E-state index is 12.4. The molecule has 1 aliphatic heterocycles. The van der Waals surface area contributed by atoms with Crippen molar-refractivity contribution >= 4 is 34.6 Å². The molecule has 5 rings (SSSR count). The van der Waals surface area contributed by atoms with E-state index in [-0.39, 0.29) is 24.6 Å². The second kappa shape index (κ2) is 11.5. The third kappa shape index (κ3) is 5.16. The van der Waals surface area contributed by atoms with E-state index in [9.17, 15) is 4.79 Å². The van der Waals surface area contributed by atoms with Crippen LogP contribution in [0, 0.1) is 0 Å². The van der Waals surface area contributed by atoms with Crippen LogP contribution in [0.1, 0.15) is 23.5 Å². The number of hydrogen-bond acceptors (Lipinski definition) is 6. The van der Waals surface area contributed by atoms with Crippen LogP contribution in [0.5, 0.6) is 11.5 Å². The van der Waals surface area contributed by atoms with E-state index in [0.717, 1.165) is 28.5 Å². The zero-order chi connectivity index (χ0) is 27.4. The number of methoxy groups -OCH3 is 3. The first-order chi connectivity index (χ1) is 19.0. The van der Waals surface area contributed by atoms with E-state index in [2.05, 4.69) is 26.3 Å². The number of thiocarbonyl (C=S) groups is 1. The normalized spacial score (nSPS) is 16.6. The summed E-state index contributed by atoms with van der Waals surface area (Å²) in [6.07, 6.45) is 3.78. The average molecular weight is 544 g/mol. The summed E-state index contributed by atoms with van der Waals surface area (Å²) in [5.74, 6) is 0.983. The Morgan fingerprint density at radius 2 is 1.79 bits per heavy atom. The molecule has 2 aromatic heterocycles. The summed E-state index contributed by atoms with van der Waals surface area (Å²) < 4.78 is 18.3. The maximum Gasteiger partial charge on any atom is 0.250 e. The highest BCUT2D eigenvalue weighted by Gasteiger charge is 2.42. The van der Waals surface area contributed by atoms with Crippen molar-refractivity contribution in [1.82, 2.24) is 14.9 Å². The second-order valence-electron chi connectivity index (χ2n) is 8.84. The molecule has 9 nitrogen and oxygen atoms in total. The van der Waals surface area contributed by atoms with E-state index in [0.29, 0.717) is 16.5 Å². The summed E-state index contributed by atoms with van der Waals surface area (Å²) in [5, 5.41) is 6.89. The van der Waals surface area contributed by atoms with Crippen LogP contribution in [0.25, 0.3) is 5.69 Å². The Balaban J connectivity index is 1.64. The van der Waals surface area contributed by atoms with Crippen LogP contribution in [0.15, 0.2) is 85.2 Å². The predicted octanol–water partition coefficient (Wildman–Crippen LogP) is 4.65. The van der Waals surface area contributed by atoms with Crippen molar-refractivity contribution in [2.24, 2.45) is 0 Å². The lowest BCUT2D eigenvalue weighted by molar-refractivity contribution is -0.119. The molecular formula is C29H29N5O4S. The largest absolute Gasteiger partial charge is 0.495 e. The number of ether oxygens (including phenoxy) is 3. The van der Waals surface area contributed by atoms with E-state index in [1.54, 1.807) is 20.4 Å². The van der Waals surface area contributed by atoms with Crippen molar-refractivity contribution < 1.29 is 19.0 Å². The Hall–Kier alpha value is -4.41. The summed E-state index contributed by atoms with van der Waals surface area (Å²) in [6.45, 7) is -0.0755. The molecule has 3 heterocycles. The summed E-state index contributed by atoms with van der Waals surface area (Å²) in [5.41, 5.74) is 4.02. The van der Waals surface area contributed by atoms with Gasteiger partial charge in [-0.05, 0) is 66.8 Å². The number of carbonyl (C=O) groups is 1. The van der Waals surface area contributed by atoms with E-state index in [4.69, 9.17) is 26.4 Å². The smallest absolute Gasteiger partial charge is 0.250 e. The SMILES string of the molecule is COCC(=O)Nc1cc(N2C(=S)N[C@H](c3ccccn3)[C@H]2c2cccn2-c2ccccc2OC)ccc1OC. The third-order valence-corrected chi connectivity index (χ3v) is 6.85. The molecule has 0 radical (unpaired) electrons. The second-order valence-corrected chi connectivity index (χ2v) is 9.22. The topological polar surface area (TPSA) is 89.9 Å². The number of para-hydroxylation sites is 2. The van der Waals surface area contributed by atoms with Crippen LogP contribution in [0.2, 0.25) is 0 Å². The maximum atomic E-state index is 12.4. The first-order valence-electron chi connectivity index (χ1n) is 12.3. The van der Waals surface area contributed by atoms with Crippen molar-refractivity contribution in [3.05, 3.63) is 96.6 Å². The molecule has 2 aromatic carbocycles. The van der Waals surface area contributed by atoms with Gasteiger partial charge in [-0.25, -0.2) is 0 Å². The van der Waals surface area contributed by atoms with Crippen LogP contribution < -0.4 is 25.0 Å². The zero-order valence-corrected chi connectivity index (χ0v) is 22.6. The van der Waals surface area contributed by atoms with E-state index < -0.39 is 0 Å². The van der Waals surface area contributed by atoms with E-state index in [1.165, 1.54) is 7.11 Å². The lowest BCUT2D eigenvalue weighted by Gasteiger charge is -2.29. The Kier molecular flexibility index (Phi) is 7.76. The quantitative estimate of drug-likeness (QED) is 0.295. The van der Waals surface area contributed by atoms with Gasteiger partial charge in [0.25, 0.3) is 0 Å². The van der Waals surface area contributed by atoms with Gasteiger partial charge in [0.15, 0.2) is 5.11 Å². The highest BCUT2D eigenvalue weighted by molar-refractivity contribution is 7.80. The number of aromatic nitrogens is 2. The number of hydrogen-bond donors (Lipinski definition) is 2. The van der Waals surface area contributed by atoms with Gasteiger partial charge in [0.1, 0.15) is 24.1 Å². The van der Waals surface area contributed by atoms with Gasteiger partial charge in [-0.15, -0.1) is 0 Å². The molecule has 2 N–H and O–H groups in total. The highest BCUT2D eigenvalue weighted by Crippen LogP contribution is 2.44. The molecule has 10 heteroatoms. The Morgan fingerprint density at radius 3 is 2.54 bits per heavy atom. The Bertz CT molecular complexity index is 1480. The van der Waals surface area contributed by atoms with E-state index in [1.807, 2.05) is 77.8 Å². The molecule has 0 unspecified atom stereocenters. The van der Waals surface area contributed by atoms with Gasteiger partial charge in [-0.3, -0.25) is 9.78 Å². The van der Waals surface area contributed by atoms with Gasteiger partial charge in [-0.2, -0.15) is 0 Å². The minimum absolute atomic E-state index is 0.0755. The van der Waals surface area contributed by atoms with Gasteiger partial charge in [0, 0.05) is 30.9 Å². The summed E-state index contributed by atoms with van der Waals surface area (Å²) in [6, 6.07) is 22.8. The molecule has 0 bridgehead atoms. The van der Waals surface area contributed by atoms with E-state index >= 15 is 0 Å². The lowest BCUT2D eigenvalue weighted by atomic mass is 10.0. The van der Waals surface area contributed by atoms with Crippen LogP contribution in [0.3, 0.4) is 0 Å². The number of nitrogens with zero attached hydrogens (tertiary/aromatic N) is 3. The minimum atomic E-state index is -0.289. The van der Waals surface area contributed by atoms with Crippen LogP contribution in [0.4, 0.5) is 11.4 Å². The number of carbonyl (C=O) groups excluding carboxylic acids is 1. The van der Waals surface area contributed by atoms with Gasteiger partial charge in [-0.1, -0.05) is 18.2 Å². The molecule has 0 spiro atoms. The van der Waals surface area contributed by atoms with Crippen molar-refractivity contribution in [2.75, 3.05) is 38.2 Å². The molecule has 1 amide bonds. The summed E-state index contributed by atoms with van der Waals surface area (Å²) in [7, 11) is 4.69. The third-order valence-electron chi connectivity index (χ3n) is 6.54. The van der Waals surface area contributed by atoms with Crippen LogP contribution >= 0.6 is 12.2 Å².